The number of benzene rings is 2. The van der Waals surface area contributed by atoms with Crippen LogP contribution in [0.25, 0.3) is 0 Å². The van der Waals surface area contributed by atoms with Crippen molar-refractivity contribution in [3.05, 3.63) is 65.7 Å². The van der Waals surface area contributed by atoms with E-state index in [-0.39, 0.29) is 24.7 Å². The second kappa shape index (κ2) is 10.6. The Labute approximate surface area is 176 Å². The second-order valence-corrected chi connectivity index (χ2v) is 7.08. The molecule has 1 heterocycles. The van der Waals surface area contributed by atoms with Crippen LogP contribution in [0.15, 0.2) is 54.6 Å². The van der Waals surface area contributed by atoms with E-state index < -0.39 is 6.09 Å². The van der Waals surface area contributed by atoms with E-state index in [9.17, 15) is 9.59 Å². The minimum atomic E-state index is -0.449. The van der Waals surface area contributed by atoms with Crippen molar-refractivity contribution in [3.8, 4) is 0 Å². The molecule has 160 valence electrons. The highest BCUT2D eigenvalue weighted by molar-refractivity contribution is 5.90. The quantitative estimate of drug-likeness (QED) is 0.703. The van der Waals surface area contributed by atoms with E-state index in [1.54, 1.807) is 6.07 Å². The first-order valence-corrected chi connectivity index (χ1v) is 10.1. The van der Waals surface area contributed by atoms with E-state index in [1.807, 2.05) is 55.5 Å². The van der Waals surface area contributed by atoms with Crippen molar-refractivity contribution >= 4 is 17.7 Å². The Hall–Kier alpha value is -3.06. The van der Waals surface area contributed by atoms with Crippen molar-refractivity contribution < 1.29 is 23.8 Å². The SMILES string of the molecule is CCOC1CN(c2cccc(C(=O)OC)c2)CCC1NC(=O)OCc1ccccc1. The molecule has 0 radical (unpaired) electrons. The van der Waals surface area contributed by atoms with E-state index in [2.05, 4.69) is 10.2 Å². The molecule has 0 aromatic heterocycles. The lowest BCUT2D eigenvalue weighted by molar-refractivity contribution is 0.0261. The molecule has 2 aromatic carbocycles. The van der Waals surface area contributed by atoms with E-state index >= 15 is 0 Å². The zero-order valence-electron chi connectivity index (χ0n) is 17.4. The Morgan fingerprint density at radius 3 is 2.67 bits per heavy atom. The number of ether oxygens (including phenoxy) is 3. The molecule has 30 heavy (non-hydrogen) atoms. The number of hydrogen-bond donors (Lipinski definition) is 1. The van der Waals surface area contributed by atoms with Gasteiger partial charge in [-0.25, -0.2) is 9.59 Å². The summed E-state index contributed by atoms with van der Waals surface area (Å²) in [7, 11) is 1.37. The average molecular weight is 412 g/mol. The molecule has 0 aliphatic carbocycles. The van der Waals surface area contributed by atoms with Gasteiger partial charge in [-0.2, -0.15) is 0 Å². The van der Waals surface area contributed by atoms with Crippen molar-refractivity contribution in [3.63, 3.8) is 0 Å². The number of rotatable bonds is 7. The zero-order chi connectivity index (χ0) is 21.3. The number of esters is 1. The van der Waals surface area contributed by atoms with Crippen LogP contribution in [0.3, 0.4) is 0 Å². The molecule has 1 fully saturated rings. The van der Waals surface area contributed by atoms with Crippen LogP contribution < -0.4 is 10.2 Å². The Balaban J connectivity index is 1.59. The summed E-state index contributed by atoms with van der Waals surface area (Å²) >= 11 is 0. The highest BCUT2D eigenvalue weighted by atomic mass is 16.5. The summed E-state index contributed by atoms with van der Waals surface area (Å²) in [5.74, 6) is -0.365. The molecule has 0 spiro atoms. The summed E-state index contributed by atoms with van der Waals surface area (Å²) in [5.41, 5.74) is 2.37. The number of piperidine rings is 1. The van der Waals surface area contributed by atoms with Crippen LogP contribution in [0.1, 0.15) is 29.3 Å². The summed E-state index contributed by atoms with van der Waals surface area (Å²) in [6, 6.07) is 16.8. The molecule has 0 bridgehead atoms. The van der Waals surface area contributed by atoms with Crippen molar-refractivity contribution in [1.82, 2.24) is 5.32 Å². The molecule has 1 N–H and O–H groups in total. The summed E-state index contributed by atoms with van der Waals surface area (Å²) in [6.45, 7) is 4.02. The fourth-order valence-electron chi connectivity index (χ4n) is 3.56. The fraction of sp³-hybridized carbons (Fsp3) is 0.391. The van der Waals surface area contributed by atoms with Gasteiger partial charge in [-0.1, -0.05) is 36.4 Å². The van der Waals surface area contributed by atoms with Gasteiger partial charge in [0.2, 0.25) is 0 Å². The van der Waals surface area contributed by atoms with Crippen LogP contribution >= 0.6 is 0 Å². The van der Waals surface area contributed by atoms with Gasteiger partial charge in [0.05, 0.1) is 24.8 Å². The van der Waals surface area contributed by atoms with Gasteiger partial charge in [-0.15, -0.1) is 0 Å². The van der Waals surface area contributed by atoms with Crippen molar-refractivity contribution in [2.45, 2.75) is 32.1 Å². The molecule has 0 saturated carbocycles. The maximum atomic E-state index is 12.3. The van der Waals surface area contributed by atoms with E-state index in [0.717, 1.165) is 17.8 Å². The number of anilines is 1. The third-order valence-corrected chi connectivity index (χ3v) is 5.09. The standard InChI is InChI=1S/C23H28N2O5/c1-3-29-21-15-25(19-11-7-10-18(14-19)22(26)28-2)13-12-20(21)24-23(27)30-16-17-8-5-4-6-9-17/h4-11,14,20-21H,3,12-13,15-16H2,1-2H3,(H,24,27). The van der Waals surface area contributed by atoms with Gasteiger partial charge >= 0.3 is 12.1 Å². The maximum Gasteiger partial charge on any atom is 0.407 e. The number of amides is 1. The molecular weight excluding hydrogens is 384 g/mol. The number of methoxy groups -OCH3 is 1. The topological polar surface area (TPSA) is 77.1 Å². The Kier molecular flexibility index (Phi) is 7.68. The number of nitrogens with one attached hydrogen (secondary N) is 1. The number of carbonyl (C=O) groups excluding carboxylic acids is 2. The highest BCUT2D eigenvalue weighted by Crippen LogP contribution is 2.23. The summed E-state index contributed by atoms with van der Waals surface area (Å²) in [5, 5.41) is 2.95. The summed E-state index contributed by atoms with van der Waals surface area (Å²) in [6.07, 6.45) is 0.0672. The number of alkyl carbamates (subject to hydrolysis) is 1. The summed E-state index contributed by atoms with van der Waals surface area (Å²) < 4.78 is 16.1. The van der Waals surface area contributed by atoms with E-state index in [4.69, 9.17) is 14.2 Å². The van der Waals surface area contributed by atoms with Gasteiger partial charge in [-0.3, -0.25) is 0 Å². The molecule has 2 unspecified atom stereocenters. The first kappa shape index (κ1) is 21.6. The van der Waals surface area contributed by atoms with Crippen molar-refractivity contribution in [2.24, 2.45) is 0 Å². The van der Waals surface area contributed by atoms with Gasteiger partial charge in [0.1, 0.15) is 6.61 Å². The van der Waals surface area contributed by atoms with Crippen LogP contribution in [-0.4, -0.2) is 51.0 Å². The number of carbonyl (C=O) groups is 2. The van der Waals surface area contributed by atoms with Crippen molar-refractivity contribution in [2.75, 3.05) is 31.7 Å². The Morgan fingerprint density at radius 1 is 1.13 bits per heavy atom. The Morgan fingerprint density at radius 2 is 1.93 bits per heavy atom. The molecular formula is C23H28N2O5. The van der Waals surface area contributed by atoms with Crippen LogP contribution in [0.2, 0.25) is 0 Å². The number of hydrogen-bond acceptors (Lipinski definition) is 6. The van der Waals surface area contributed by atoms with Gasteiger partial charge in [0.15, 0.2) is 0 Å². The second-order valence-electron chi connectivity index (χ2n) is 7.08. The number of nitrogens with zero attached hydrogens (tertiary/aromatic N) is 1. The maximum absolute atomic E-state index is 12.3. The first-order chi connectivity index (χ1) is 14.6. The van der Waals surface area contributed by atoms with Gasteiger partial charge < -0.3 is 24.4 Å². The van der Waals surface area contributed by atoms with E-state index in [1.165, 1.54) is 7.11 Å². The summed E-state index contributed by atoms with van der Waals surface area (Å²) in [4.78, 5) is 26.3. The van der Waals surface area contributed by atoms with Gasteiger partial charge in [0.25, 0.3) is 0 Å². The van der Waals surface area contributed by atoms with Crippen LogP contribution in [0, 0.1) is 0 Å². The van der Waals surface area contributed by atoms with Crippen LogP contribution in [0.4, 0.5) is 10.5 Å². The molecule has 7 nitrogen and oxygen atoms in total. The van der Waals surface area contributed by atoms with E-state index in [0.29, 0.717) is 25.1 Å². The first-order valence-electron chi connectivity index (χ1n) is 10.1. The molecule has 3 rings (SSSR count). The third kappa shape index (κ3) is 5.73. The average Bonchev–Trinajstić information content (AvgIpc) is 2.79. The lowest BCUT2D eigenvalue weighted by Crippen LogP contribution is -2.55. The molecule has 1 saturated heterocycles. The lowest BCUT2D eigenvalue weighted by Gasteiger charge is -2.39. The molecule has 1 aliphatic heterocycles. The van der Waals surface area contributed by atoms with Crippen molar-refractivity contribution in [1.29, 1.82) is 0 Å². The smallest absolute Gasteiger partial charge is 0.407 e. The minimum absolute atomic E-state index is 0.145. The molecule has 7 heteroatoms. The molecule has 2 aromatic rings. The predicted octanol–water partition coefficient (Wildman–Crippen LogP) is 3.38. The molecule has 1 amide bonds. The normalized spacial score (nSPS) is 18.5. The van der Waals surface area contributed by atoms with Gasteiger partial charge in [-0.05, 0) is 37.1 Å². The Bertz CT molecular complexity index is 842. The molecule has 2 atom stereocenters. The molecule has 1 aliphatic rings. The zero-order valence-corrected chi connectivity index (χ0v) is 17.4. The fourth-order valence-corrected chi connectivity index (χ4v) is 3.56. The predicted molar refractivity (Wildman–Crippen MR) is 114 cm³/mol. The van der Waals surface area contributed by atoms with Gasteiger partial charge in [0, 0.05) is 25.4 Å². The van der Waals surface area contributed by atoms with Crippen LogP contribution in [-0.2, 0) is 20.8 Å². The highest BCUT2D eigenvalue weighted by Gasteiger charge is 2.31. The largest absolute Gasteiger partial charge is 0.465 e. The third-order valence-electron chi connectivity index (χ3n) is 5.09. The van der Waals surface area contributed by atoms with Crippen LogP contribution in [0.5, 0.6) is 0 Å². The lowest BCUT2D eigenvalue weighted by atomic mass is 10.0. The minimum Gasteiger partial charge on any atom is -0.465 e. The monoisotopic (exact) mass is 412 g/mol.